The average Bonchev–Trinajstić information content (AvgIpc) is 2.91. The Morgan fingerprint density at radius 3 is 2.05 bits per heavy atom. The van der Waals surface area contributed by atoms with Crippen LogP contribution in [0, 0.1) is 0 Å². The van der Waals surface area contributed by atoms with Crippen molar-refractivity contribution >= 4 is 43.3 Å². The molecule has 41 heavy (non-hydrogen) atoms. The van der Waals surface area contributed by atoms with E-state index in [-0.39, 0.29) is 17.9 Å². The minimum atomic E-state index is -4.28. The summed E-state index contributed by atoms with van der Waals surface area (Å²) in [7, 11) is -8.56. The van der Waals surface area contributed by atoms with Crippen molar-refractivity contribution in [2.45, 2.75) is 13.5 Å². The summed E-state index contributed by atoms with van der Waals surface area (Å²) in [5.74, 6) is -0.189. The predicted octanol–water partition coefficient (Wildman–Crippen LogP) is 6.16. The highest BCUT2D eigenvalue weighted by Crippen LogP contribution is 2.40. The summed E-state index contributed by atoms with van der Waals surface area (Å²) in [4.78, 5) is 12.8. The third-order valence-electron chi connectivity index (χ3n) is 5.95. The van der Waals surface area contributed by atoms with E-state index in [1.165, 1.54) is 18.2 Å². The number of nitrogens with zero attached hydrogens (tertiary/aromatic N) is 1. The molecule has 0 fully saturated rings. The second-order valence-electron chi connectivity index (χ2n) is 9.17. The van der Waals surface area contributed by atoms with Crippen LogP contribution in [0.4, 0.5) is 5.69 Å². The molecule has 0 aromatic heterocycles. The van der Waals surface area contributed by atoms with Gasteiger partial charge in [-0.2, -0.15) is 3.71 Å². The van der Waals surface area contributed by atoms with Gasteiger partial charge in [0.15, 0.2) is 0 Å². The van der Waals surface area contributed by atoms with Crippen LogP contribution in [0.25, 0.3) is 22.3 Å². The van der Waals surface area contributed by atoms with Gasteiger partial charge in [0.05, 0.1) is 30.4 Å². The quantitative estimate of drug-likeness (QED) is 0.197. The molecule has 0 unspecified atom stereocenters. The van der Waals surface area contributed by atoms with Crippen LogP contribution in [0.5, 0.6) is 5.75 Å². The van der Waals surface area contributed by atoms with E-state index >= 15 is 0 Å². The fourth-order valence-corrected chi connectivity index (χ4v) is 7.49. The zero-order chi connectivity index (χ0) is 29.8. The smallest absolute Gasteiger partial charge is 0.338 e. The fourth-order valence-electron chi connectivity index (χ4n) is 4.38. The molecule has 0 bridgehead atoms. The van der Waals surface area contributed by atoms with Gasteiger partial charge in [0.1, 0.15) is 12.4 Å². The number of carbonyl (C=O) groups excluding carboxylic acids is 1. The lowest BCUT2D eigenvalue weighted by Crippen LogP contribution is -2.35. The lowest BCUT2D eigenvalue weighted by molar-refractivity contribution is 0.0526. The Morgan fingerprint density at radius 1 is 0.780 bits per heavy atom. The first kappa shape index (κ1) is 30.1. The number of esters is 1. The molecule has 0 aliphatic carbocycles. The first-order valence-electron chi connectivity index (χ1n) is 12.5. The summed E-state index contributed by atoms with van der Waals surface area (Å²) in [6.07, 6.45) is 1.56. The normalized spacial score (nSPS) is 11.6. The van der Waals surface area contributed by atoms with Gasteiger partial charge >= 0.3 is 5.97 Å². The topological polar surface area (TPSA) is 107 Å². The van der Waals surface area contributed by atoms with Crippen molar-refractivity contribution in [3.8, 4) is 28.0 Å². The van der Waals surface area contributed by atoms with Crippen molar-refractivity contribution < 1.29 is 31.1 Å². The highest BCUT2D eigenvalue weighted by atomic mass is 35.5. The fraction of sp³-hybridized carbons (Fsp3) is 0.167. The Morgan fingerprint density at radius 2 is 1.41 bits per heavy atom. The van der Waals surface area contributed by atoms with Gasteiger partial charge in [-0.15, -0.1) is 0 Å². The van der Waals surface area contributed by atoms with Crippen LogP contribution < -0.4 is 8.45 Å². The van der Waals surface area contributed by atoms with Gasteiger partial charge in [0.2, 0.25) is 20.0 Å². The number of rotatable bonds is 10. The molecule has 4 aromatic rings. The summed E-state index contributed by atoms with van der Waals surface area (Å²) in [5, 5.41) is 0.461. The lowest BCUT2D eigenvalue weighted by atomic mass is 9.93. The second kappa shape index (κ2) is 12.3. The molecule has 4 rings (SSSR count). The number of anilines is 1. The van der Waals surface area contributed by atoms with Crippen LogP contribution in [0.1, 0.15) is 22.8 Å². The van der Waals surface area contributed by atoms with Crippen molar-refractivity contribution in [2.24, 2.45) is 0 Å². The number of benzene rings is 4. The number of ether oxygens (including phenoxy) is 2. The summed E-state index contributed by atoms with van der Waals surface area (Å²) in [6.45, 7) is 2.01. The third-order valence-corrected chi connectivity index (χ3v) is 9.44. The van der Waals surface area contributed by atoms with E-state index in [1.807, 2.05) is 42.5 Å². The molecule has 0 aliphatic rings. The predicted molar refractivity (Wildman–Crippen MR) is 161 cm³/mol. The van der Waals surface area contributed by atoms with Crippen molar-refractivity contribution in [1.29, 1.82) is 0 Å². The van der Waals surface area contributed by atoms with E-state index in [1.54, 1.807) is 37.3 Å². The average molecular weight is 614 g/mol. The number of halogens is 1. The van der Waals surface area contributed by atoms with E-state index in [2.05, 4.69) is 0 Å². The van der Waals surface area contributed by atoms with Gasteiger partial charge in [-0.1, -0.05) is 66.2 Å². The lowest BCUT2D eigenvalue weighted by Gasteiger charge is -2.22. The van der Waals surface area contributed by atoms with E-state index < -0.39 is 26.0 Å². The third kappa shape index (κ3) is 7.27. The van der Waals surface area contributed by atoms with Crippen molar-refractivity contribution in [2.75, 3.05) is 22.8 Å². The standard InChI is InChI=1S/C30H28ClNO7S2/c1-4-38-30(33)23-16-22(17-25(18-23)32(40(2,34)35)41(3,36)37)26-12-8-9-13-27(26)28-19-24(31)14-15-29(28)39-20-21-10-6-5-7-11-21/h5-19H,4,20H2,1-3H3. The maximum absolute atomic E-state index is 12.8. The molecule has 4 aromatic carbocycles. The van der Waals surface area contributed by atoms with Gasteiger partial charge in [-0.25, -0.2) is 21.6 Å². The van der Waals surface area contributed by atoms with Gasteiger partial charge in [-0.3, -0.25) is 0 Å². The van der Waals surface area contributed by atoms with E-state index in [9.17, 15) is 21.6 Å². The van der Waals surface area contributed by atoms with Crippen LogP contribution in [0.2, 0.25) is 5.02 Å². The monoisotopic (exact) mass is 613 g/mol. The Balaban J connectivity index is 1.92. The largest absolute Gasteiger partial charge is 0.488 e. The van der Waals surface area contributed by atoms with E-state index in [4.69, 9.17) is 21.1 Å². The second-order valence-corrected chi connectivity index (χ2v) is 13.5. The summed E-state index contributed by atoms with van der Waals surface area (Å²) in [6, 6.07) is 26.2. The van der Waals surface area contributed by atoms with Gasteiger partial charge < -0.3 is 9.47 Å². The van der Waals surface area contributed by atoms with Crippen LogP contribution >= 0.6 is 11.6 Å². The van der Waals surface area contributed by atoms with Gasteiger partial charge in [0.25, 0.3) is 0 Å². The van der Waals surface area contributed by atoms with Crippen LogP contribution in [-0.2, 0) is 31.4 Å². The zero-order valence-corrected chi connectivity index (χ0v) is 25.0. The molecule has 0 N–H and O–H groups in total. The molecule has 0 radical (unpaired) electrons. The maximum atomic E-state index is 12.8. The number of carbonyl (C=O) groups is 1. The van der Waals surface area contributed by atoms with Gasteiger partial charge in [0, 0.05) is 10.6 Å². The molecule has 0 heterocycles. The Bertz CT molecular complexity index is 1760. The minimum absolute atomic E-state index is 0.0156. The molecule has 11 heteroatoms. The zero-order valence-electron chi connectivity index (χ0n) is 22.6. The number of hydrogen-bond acceptors (Lipinski definition) is 7. The molecule has 214 valence electrons. The molecule has 0 saturated heterocycles. The molecule has 8 nitrogen and oxygen atoms in total. The molecule has 0 atom stereocenters. The highest BCUT2D eigenvalue weighted by Gasteiger charge is 2.29. The van der Waals surface area contributed by atoms with Crippen LogP contribution in [0.3, 0.4) is 0 Å². The molecular formula is C30H28ClNO7S2. The Hall–Kier alpha value is -3.86. The van der Waals surface area contributed by atoms with E-state index in [0.717, 1.165) is 18.1 Å². The van der Waals surface area contributed by atoms with Crippen molar-refractivity contribution in [3.63, 3.8) is 0 Å². The summed E-state index contributed by atoms with van der Waals surface area (Å²) >= 11 is 6.39. The van der Waals surface area contributed by atoms with Crippen molar-refractivity contribution in [3.05, 3.63) is 107 Å². The molecule has 0 aliphatic heterocycles. The highest BCUT2D eigenvalue weighted by molar-refractivity contribution is 8.09. The minimum Gasteiger partial charge on any atom is -0.488 e. The van der Waals surface area contributed by atoms with Crippen molar-refractivity contribution in [1.82, 2.24) is 0 Å². The van der Waals surface area contributed by atoms with Crippen LogP contribution in [-0.4, -0.2) is 41.9 Å². The number of sulfonamides is 2. The maximum Gasteiger partial charge on any atom is 0.338 e. The molecule has 0 amide bonds. The van der Waals surface area contributed by atoms with Crippen LogP contribution in [0.15, 0.2) is 91.0 Å². The van der Waals surface area contributed by atoms with E-state index in [0.29, 0.717) is 43.3 Å². The first-order chi connectivity index (χ1) is 19.4. The molecule has 0 spiro atoms. The summed E-state index contributed by atoms with van der Waals surface area (Å²) < 4.78 is 62.0. The molecular weight excluding hydrogens is 586 g/mol. The Kier molecular flexibility index (Phi) is 9.06. The first-order valence-corrected chi connectivity index (χ1v) is 16.5. The van der Waals surface area contributed by atoms with Gasteiger partial charge in [-0.05, 0) is 65.6 Å². The molecule has 0 saturated carbocycles. The summed E-state index contributed by atoms with van der Waals surface area (Å²) in [5.41, 5.74) is 3.00. The number of hydrogen-bond donors (Lipinski definition) is 0. The SMILES string of the molecule is CCOC(=O)c1cc(-c2ccccc2-c2cc(Cl)ccc2OCc2ccccc2)cc(N(S(C)(=O)=O)S(C)(=O)=O)c1. The Labute approximate surface area is 245 Å².